The highest BCUT2D eigenvalue weighted by Gasteiger charge is 2.22. The Morgan fingerprint density at radius 3 is 2.11 bits per heavy atom. The van der Waals surface area contributed by atoms with Crippen LogP contribution < -0.4 is 5.32 Å². The summed E-state index contributed by atoms with van der Waals surface area (Å²) in [5.41, 5.74) is -0.480. The molecule has 1 N–H and O–H groups in total. The van der Waals surface area contributed by atoms with Gasteiger partial charge < -0.3 is 19.5 Å². The first-order valence-corrected chi connectivity index (χ1v) is 6.26. The number of rotatable bonds is 8. The lowest BCUT2D eigenvalue weighted by Gasteiger charge is -2.28. The fourth-order valence-corrected chi connectivity index (χ4v) is 1.21. The van der Waals surface area contributed by atoms with Crippen molar-refractivity contribution >= 4 is 6.09 Å². The van der Waals surface area contributed by atoms with Gasteiger partial charge in [0.2, 0.25) is 0 Å². The molecule has 0 heterocycles. The molecule has 0 saturated heterocycles. The maximum Gasteiger partial charge on any atom is 0.406 e. The first-order chi connectivity index (χ1) is 8.22. The number of amides is 1. The van der Waals surface area contributed by atoms with E-state index in [-0.39, 0.29) is 11.2 Å². The SMILES string of the molecule is CNC(=O)OCCC(C)(C)OCCC(C)(C)OC. The van der Waals surface area contributed by atoms with Gasteiger partial charge in [-0.2, -0.15) is 0 Å². The Kier molecular flexibility index (Phi) is 7.25. The molecular formula is C13H27NO4. The zero-order valence-corrected chi connectivity index (χ0v) is 12.5. The summed E-state index contributed by atoms with van der Waals surface area (Å²) in [4.78, 5) is 10.9. The number of alkyl carbamates (subject to hydrolysis) is 1. The minimum Gasteiger partial charge on any atom is -0.449 e. The van der Waals surface area contributed by atoms with Crippen molar-refractivity contribution in [1.82, 2.24) is 5.32 Å². The molecule has 5 nitrogen and oxygen atoms in total. The summed E-state index contributed by atoms with van der Waals surface area (Å²) in [6.07, 6.45) is 1.07. The van der Waals surface area contributed by atoms with Crippen LogP contribution in [0.2, 0.25) is 0 Å². The first-order valence-electron chi connectivity index (χ1n) is 6.26. The van der Waals surface area contributed by atoms with Crippen molar-refractivity contribution in [2.75, 3.05) is 27.4 Å². The van der Waals surface area contributed by atoms with E-state index >= 15 is 0 Å². The van der Waals surface area contributed by atoms with Gasteiger partial charge in [0.25, 0.3) is 0 Å². The maximum absolute atomic E-state index is 10.9. The monoisotopic (exact) mass is 261 g/mol. The predicted octanol–water partition coefficient (Wildman–Crippen LogP) is 2.34. The number of carbonyl (C=O) groups is 1. The second kappa shape index (κ2) is 7.59. The van der Waals surface area contributed by atoms with Crippen molar-refractivity contribution in [2.45, 2.75) is 51.7 Å². The third kappa shape index (κ3) is 8.31. The summed E-state index contributed by atoms with van der Waals surface area (Å²) in [7, 11) is 3.24. The summed E-state index contributed by atoms with van der Waals surface area (Å²) in [5.74, 6) is 0. The molecule has 0 aromatic carbocycles. The Bertz CT molecular complexity index is 251. The van der Waals surface area contributed by atoms with Crippen molar-refractivity contribution in [3.8, 4) is 0 Å². The average Bonchev–Trinajstić information content (AvgIpc) is 2.28. The Balaban J connectivity index is 3.83. The maximum atomic E-state index is 10.9. The van der Waals surface area contributed by atoms with Gasteiger partial charge in [0.15, 0.2) is 0 Å². The molecule has 0 fully saturated rings. The summed E-state index contributed by atoms with van der Waals surface area (Å²) in [6, 6.07) is 0. The molecule has 0 saturated carbocycles. The Morgan fingerprint density at radius 1 is 1.06 bits per heavy atom. The number of nitrogens with one attached hydrogen (secondary N) is 1. The molecule has 0 aliphatic carbocycles. The van der Waals surface area contributed by atoms with Gasteiger partial charge in [-0.15, -0.1) is 0 Å². The minimum absolute atomic E-state index is 0.172. The van der Waals surface area contributed by atoms with Gasteiger partial charge in [0.1, 0.15) is 0 Å². The summed E-state index contributed by atoms with van der Waals surface area (Å²) < 4.78 is 16.1. The third-order valence-corrected chi connectivity index (χ3v) is 2.89. The number of hydrogen-bond donors (Lipinski definition) is 1. The van der Waals surface area contributed by atoms with Crippen molar-refractivity contribution in [3.63, 3.8) is 0 Å². The molecule has 0 aromatic heterocycles. The smallest absolute Gasteiger partial charge is 0.406 e. The molecule has 0 radical (unpaired) electrons. The Labute approximate surface area is 110 Å². The van der Waals surface area contributed by atoms with E-state index in [1.807, 2.05) is 27.7 Å². The highest BCUT2D eigenvalue weighted by atomic mass is 16.6. The second-order valence-corrected chi connectivity index (χ2v) is 5.46. The van der Waals surface area contributed by atoms with E-state index in [2.05, 4.69) is 5.32 Å². The van der Waals surface area contributed by atoms with Crippen LogP contribution in [0.15, 0.2) is 0 Å². The van der Waals surface area contributed by atoms with Gasteiger partial charge in [-0.25, -0.2) is 4.79 Å². The summed E-state index contributed by atoms with van der Waals surface area (Å²) >= 11 is 0. The van der Waals surface area contributed by atoms with Crippen LogP contribution in [0.25, 0.3) is 0 Å². The van der Waals surface area contributed by atoms with E-state index in [4.69, 9.17) is 14.2 Å². The zero-order chi connectivity index (χ0) is 14.2. The summed E-state index contributed by atoms with van der Waals surface area (Å²) in [6.45, 7) is 8.99. The van der Waals surface area contributed by atoms with Crippen LogP contribution in [0.3, 0.4) is 0 Å². The van der Waals surface area contributed by atoms with Crippen LogP contribution >= 0.6 is 0 Å². The third-order valence-electron chi connectivity index (χ3n) is 2.89. The first kappa shape index (κ1) is 17.2. The predicted molar refractivity (Wildman–Crippen MR) is 70.8 cm³/mol. The van der Waals surface area contributed by atoms with Gasteiger partial charge in [-0.1, -0.05) is 0 Å². The Hall–Kier alpha value is -0.810. The molecule has 0 spiro atoms. The fourth-order valence-electron chi connectivity index (χ4n) is 1.21. The molecule has 0 aromatic rings. The number of methoxy groups -OCH3 is 1. The van der Waals surface area contributed by atoms with Crippen LogP contribution in [0.4, 0.5) is 4.79 Å². The molecule has 18 heavy (non-hydrogen) atoms. The highest BCUT2D eigenvalue weighted by Crippen LogP contribution is 2.18. The number of hydrogen-bond acceptors (Lipinski definition) is 4. The zero-order valence-electron chi connectivity index (χ0n) is 12.5. The van der Waals surface area contributed by atoms with Gasteiger partial charge in [0, 0.05) is 20.6 Å². The minimum atomic E-state index is -0.411. The van der Waals surface area contributed by atoms with Crippen LogP contribution in [0, 0.1) is 0 Å². The van der Waals surface area contributed by atoms with Crippen molar-refractivity contribution in [2.24, 2.45) is 0 Å². The van der Waals surface area contributed by atoms with Crippen LogP contribution in [-0.4, -0.2) is 44.7 Å². The molecule has 1 amide bonds. The van der Waals surface area contributed by atoms with Crippen LogP contribution in [-0.2, 0) is 14.2 Å². The van der Waals surface area contributed by atoms with E-state index in [9.17, 15) is 4.79 Å². The molecule has 0 atom stereocenters. The summed E-state index contributed by atoms with van der Waals surface area (Å²) in [5, 5.41) is 2.40. The van der Waals surface area contributed by atoms with E-state index in [1.54, 1.807) is 7.11 Å². The van der Waals surface area contributed by atoms with E-state index < -0.39 is 6.09 Å². The van der Waals surface area contributed by atoms with Crippen molar-refractivity contribution in [1.29, 1.82) is 0 Å². The lowest BCUT2D eigenvalue weighted by atomic mass is 10.0. The molecular weight excluding hydrogens is 234 g/mol. The number of carbonyl (C=O) groups excluding carboxylic acids is 1. The second-order valence-electron chi connectivity index (χ2n) is 5.46. The molecule has 0 aliphatic heterocycles. The molecule has 0 unspecified atom stereocenters. The lowest BCUT2D eigenvalue weighted by molar-refractivity contribution is -0.0661. The van der Waals surface area contributed by atoms with Gasteiger partial charge in [0.05, 0.1) is 24.4 Å². The number of ether oxygens (including phenoxy) is 3. The van der Waals surface area contributed by atoms with E-state index in [0.29, 0.717) is 19.6 Å². The average molecular weight is 261 g/mol. The molecule has 0 rings (SSSR count). The van der Waals surface area contributed by atoms with E-state index in [0.717, 1.165) is 6.42 Å². The highest BCUT2D eigenvalue weighted by molar-refractivity contribution is 5.66. The van der Waals surface area contributed by atoms with Gasteiger partial charge >= 0.3 is 6.09 Å². The lowest BCUT2D eigenvalue weighted by Crippen LogP contribution is -2.31. The topological polar surface area (TPSA) is 56.8 Å². The quantitative estimate of drug-likeness (QED) is 0.728. The van der Waals surface area contributed by atoms with Crippen LogP contribution in [0.5, 0.6) is 0 Å². The molecule has 0 bridgehead atoms. The van der Waals surface area contributed by atoms with Gasteiger partial charge in [-0.3, -0.25) is 0 Å². The van der Waals surface area contributed by atoms with Crippen LogP contribution in [0.1, 0.15) is 40.5 Å². The molecule has 5 heteroatoms. The standard InChI is InChI=1S/C13H27NO4/c1-12(2,16-6)8-10-18-13(3,4)7-9-17-11(15)14-5/h7-10H2,1-6H3,(H,14,15). The largest absolute Gasteiger partial charge is 0.449 e. The van der Waals surface area contributed by atoms with Gasteiger partial charge in [-0.05, 0) is 34.1 Å². The van der Waals surface area contributed by atoms with E-state index in [1.165, 1.54) is 7.05 Å². The Morgan fingerprint density at radius 2 is 1.61 bits per heavy atom. The van der Waals surface area contributed by atoms with Crippen molar-refractivity contribution in [3.05, 3.63) is 0 Å². The normalized spacial score (nSPS) is 12.3. The fraction of sp³-hybridized carbons (Fsp3) is 0.923. The van der Waals surface area contributed by atoms with Crippen molar-refractivity contribution < 1.29 is 19.0 Å². The molecule has 0 aliphatic rings. The molecule has 108 valence electrons.